The largest absolute Gasteiger partial charge is 0.391 e. The number of aliphatic hydroxyl groups excluding tert-OH is 1. The van der Waals surface area contributed by atoms with Gasteiger partial charge in [0.1, 0.15) is 0 Å². The van der Waals surface area contributed by atoms with Crippen LogP contribution in [-0.2, 0) is 4.74 Å². The average molecular weight is 160 g/mol. The van der Waals surface area contributed by atoms with E-state index in [0.29, 0.717) is 5.92 Å². The molecular formula is C9H20O2. The molecule has 2 atom stereocenters. The van der Waals surface area contributed by atoms with E-state index in [2.05, 4.69) is 20.8 Å². The fraction of sp³-hybridized carbons (Fsp3) is 1.00. The van der Waals surface area contributed by atoms with E-state index in [1.165, 1.54) is 0 Å². The third kappa shape index (κ3) is 4.38. The highest BCUT2D eigenvalue weighted by molar-refractivity contribution is 4.67. The Labute approximate surface area is 69.6 Å². The zero-order chi connectivity index (χ0) is 8.85. The third-order valence-electron chi connectivity index (χ3n) is 1.65. The Morgan fingerprint density at radius 1 is 1.27 bits per heavy atom. The van der Waals surface area contributed by atoms with Crippen LogP contribution in [0.4, 0.5) is 0 Å². The van der Waals surface area contributed by atoms with Crippen molar-refractivity contribution >= 4 is 0 Å². The zero-order valence-corrected chi connectivity index (χ0v) is 8.00. The average Bonchev–Trinajstić information content (AvgIpc) is 1.87. The summed E-state index contributed by atoms with van der Waals surface area (Å²) in [6, 6.07) is 0. The Morgan fingerprint density at radius 2 is 1.82 bits per heavy atom. The number of hydrogen-bond donors (Lipinski definition) is 1. The van der Waals surface area contributed by atoms with Crippen LogP contribution in [0.1, 0.15) is 34.1 Å². The summed E-state index contributed by atoms with van der Waals surface area (Å²) in [5.74, 6) is 0.390. The van der Waals surface area contributed by atoms with Gasteiger partial charge in [-0.2, -0.15) is 0 Å². The molecule has 2 heteroatoms. The smallest absolute Gasteiger partial charge is 0.0853 e. The molecule has 0 aliphatic heterocycles. The van der Waals surface area contributed by atoms with Gasteiger partial charge in [-0.1, -0.05) is 20.8 Å². The SMILES string of the molecule is CCCO[C@H](C(C)C)[C@@H](C)O. The predicted octanol–water partition coefficient (Wildman–Crippen LogP) is 1.82. The van der Waals surface area contributed by atoms with Crippen LogP contribution in [0.2, 0.25) is 0 Å². The molecule has 68 valence electrons. The predicted molar refractivity (Wildman–Crippen MR) is 46.5 cm³/mol. The molecule has 0 saturated heterocycles. The summed E-state index contributed by atoms with van der Waals surface area (Å²) in [7, 11) is 0. The van der Waals surface area contributed by atoms with Gasteiger partial charge in [-0.25, -0.2) is 0 Å². The molecular weight excluding hydrogens is 140 g/mol. The van der Waals surface area contributed by atoms with E-state index in [1.54, 1.807) is 6.92 Å². The molecule has 0 aliphatic rings. The quantitative estimate of drug-likeness (QED) is 0.664. The zero-order valence-electron chi connectivity index (χ0n) is 8.00. The molecule has 0 amide bonds. The Balaban J connectivity index is 3.70. The van der Waals surface area contributed by atoms with Crippen molar-refractivity contribution in [3.8, 4) is 0 Å². The molecule has 0 aliphatic carbocycles. The molecule has 0 radical (unpaired) electrons. The lowest BCUT2D eigenvalue weighted by Crippen LogP contribution is -2.31. The summed E-state index contributed by atoms with van der Waals surface area (Å²) in [4.78, 5) is 0. The lowest BCUT2D eigenvalue weighted by Gasteiger charge is -2.23. The van der Waals surface area contributed by atoms with Gasteiger partial charge in [-0.3, -0.25) is 0 Å². The van der Waals surface area contributed by atoms with Crippen LogP contribution in [0.3, 0.4) is 0 Å². The number of ether oxygens (including phenoxy) is 1. The van der Waals surface area contributed by atoms with Crippen molar-refractivity contribution in [3.63, 3.8) is 0 Å². The lowest BCUT2D eigenvalue weighted by molar-refractivity contribution is -0.0535. The minimum absolute atomic E-state index is 0.00468. The van der Waals surface area contributed by atoms with E-state index in [0.717, 1.165) is 13.0 Å². The molecule has 0 bridgehead atoms. The van der Waals surface area contributed by atoms with Crippen molar-refractivity contribution in [3.05, 3.63) is 0 Å². The molecule has 0 aromatic carbocycles. The van der Waals surface area contributed by atoms with Gasteiger partial charge in [-0.15, -0.1) is 0 Å². The molecule has 0 fully saturated rings. The Hall–Kier alpha value is -0.0800. The Morgan fingerprint density at radius 3 is 2.09 bits per heavy atom. The van der Waals surface area contributed by atoms with Gasteiger partial charge < -0.3 is 9.84 Å². The van der Waals surface area contributed by atoms with E-state index in [1.807, 2.05) is 0 Å². The van der Waals surface area contributed by atoms with Gasteiger partial charge in [0.25, 0.3) is 0 Å². The van der Waals surface area contributed by atoms with Gasteiger partial charge in [0.15, 0.2) is 0 Å². The van der Waals surface area contributed by atoms with E-state index in [4.69, 9.17) is 4.74 Å². The molecule has 0 saturated carbocycles. The fourth-order valence-corrected chi connectivity index (χ4v) is 1.14. The number of rotatable bonds is 5. The monoisotopic (exact) mass is 160 g/mol. The van der Waals surface area contributed by atoms with E-state index < -0.39 is 0 Å². The molecule has 0 heterocycles. The summed E-state index contributed by atoms with van der Waals surface area (Å²) in [5, 5.41) is 9.28. The van der Waals surface area contributed by atoms with Gasteiger partial charge in [-0.05, 0) is 19.3 Å². The van der Waals surface area contributed by atoms with Crippen LogP contribution in [-0.4, -0.2) is 23.9 Å². The molecule has 0 aromatic heterocycles. The van der Waals surface area contributed by atoms with Crippen LogP contribution in [0, 0.1) is 5.92 Å². The van der Waals surface area contributed by atoms with Crippen molar-refractivity contribution in [1.82, 2.24) is 0 Å². The second-order valence-electron chi connectivity index (χ2n) is 3.32. The third-order valence-corrected chi connectivity index (χ3v) is 1.65. The number of hydrogen-bond acceptors (Lipinski definition) is 2. The van der Waals surface area contributed by atoms with Crippen molar-refractivity contribution in [2.75, 3.05) is 6.61 Å². The highest BCUT2D eigenvalue weighted by Crippen LogP contribution is 2.10. The van der Waals surface area contributed by atoms with Crippen LogP contribution in [0.5, 0.6) is 0 Å². The summed E-state index contributed by atoms with van der Waals surface area (Å²) in [6.07, 6.45) is 0.646. The summed E-state index contributed by atoms with van der Waals surface area (Å²) >= 11 is 0. The Kier molecular flexibility index (Phi) is 5.51. The van der Waals surface area contributed by atoms with Crippen LogP contribution < -0.4 is 0 Å². The number of aliphatic hydroxyl groups is 1. The highest BCUT2D eigenvalue weighted by Gasteiger charge is 2.18. The first kappa shape index (κ1) is 10.9. The second-order valence-corrected chi connectivity index (χ2v) is 3.32. The van der Waals surface area contributed by atoms with Crippen molar-refractivity contribution in [2.24, 2.45) is 5.92 Å². The minimum Gasteiger partial charge on any atom is -0.391 e. The lowest BCUT2D eigenvalue weighted by atomic mass is 10.0. The maximum Gasteiger partial charge on any atom is 0.0853 e. The maximum atomic E-state index is 9.28. The van der Waals surface area contributed by atoms with Crippen molar-refractivity contribution < 1.29 is 9.84 Å². The van der Waals surface area contributed by atoms with Gasteiger partial charge in [0.05, 0.1) is 12.2 Å². The molecule has 0 aromatic rings. The minimum atomic E-state index is -0.360. The molecule has 11 heavy (non-hydrogen) atoms. The van der Waals surface area contributed by atoms with E-state index >= 15 is 0 Å². The molecule has 0 spiro atoms. The summed E-state index contributed by atoms with van der Waals surface area (Å²) in [6.45, 7) is 8.72. The fourth-order valence-electron chi connectivity index (χ4n) is 1.14. The molecule has 0 rings (SSSR count). The first-order chi connectivity index (χ1) is 5.09. The molecule has 2 nitrogen and oxygen atoms in total. The molecule has 0 unspecified atom stereocenters. The van der Waals surface area contributed by atoms with Crippen LogP contribution >= 0.6 is 0 Å². The van der Waals surface area contributed by atoms with Crippen LogP contribution in [0.25, 0.3) is 0 Å². The van der Waals surface area contributed by atoms with Crippen molar-refractivity contribution in [2.45, 2.75) is 46.3 Å². The Bertz CT molecular complexity index is 81.6. The first-order valence-electron chi connectivity index (χ1n) is 4.39. The first-order valence-corrected chi connectivity index (χ1v) is 4.39. The second kappa shape index (κ2) is 5.56. The normalized spacial score (nSPS) is 16.9. The summed E-state index contributed by atoms with van der Waals surface area (Å²) in [5.41, 5.74) is 0. The molecule has 1 N–H and O–H groups in total. The van der Waals surface area contributed by atoms with E-state index in [9.17, 15) is 5.11 Å². The highest BCUT2D eigenvalue weighted by atomic mass is 16.5. The van der Waals surface area contributed by atoms with Gasteiger partial charge >= 0.3 is 0 Å². The topological polar surface area (TPSA) is 29.5 Å². The summed E-state index contributed by atoms with van der Waals surface area (Å²) < 4.78 is 5.46. The van der Waals surface area contributed by atoms with Crippen molar-refractivity contribution in [1.29, 1.82) is 0 Å². The standard InChI is InChI=1S/C9H20O2/c1-5-6-11-9(7(2)3)8(4)10/h7-10H,5-6H2,1-4H3/t8-,9-/m1/s1. The van der Waals surface area contributed by atoms with Crippen LogP contribution in [0.15, 0.2) is 0 Å². The van der Waals surface area contributed by atoms with Gasteiger partial charge in [0, 0.05) is 6.61 Å². The maximum absolute atomic E-state index is 9.28. The van der Waals surface area contributed by atoms with E-state index in [-0.39, 0.29) is 12.2 Å². The van der Waals surface area contributed by atoms with Gasteiger partial charge in [0.2, 0.25) is 0 Å².